The number of carbonyl (C=O) groups is 3. The highest BCUT2D eigenvalue weighted by Gasteiger charge is 2.28. The molecule has 1 aromatic rings. The lowest BCUT2D eigenvalue weighted by Crippen LogP contribution is -2.45. The van der Waals surface area contributed by atoms with Gasteiger partial charge in [0.15, 0.2) is 6.61 Å². The molecule has 0 aliphatic heterocycles. The van der Waals surface area contributed by atoms with Gasteiger partial charge < -0.3 is 21.1 Å². The van der Waals surface area contributed by atoms with E-state index in [1.54, 1.807) is 24.3 Å². The first-order chi connectivity index (χ1) is 13.3. The summed E-state index contributed by atoms with van der Waals surface area (Å²) >= 11 is 5.86. The van der Waals surface area contributed by atoms with Gasteiger partial charge in [0.05, 0.1) is 12.5 Å². The second kappa shape index (κ2) is 10.3. The SMILES string of the molecule is C[C@@H]1[C@H](C)CCC[C@H]1NC(=O)COC(=O)C[C@H](NC(N)=O)c1ccc(Cl)cc1. The van der Waals surface area contributed by atoms with Crippen molar-refractivity contribution in [1.82, 2.24) is 10.6 Å². The Morgan fingerprint density at radius 2 is 1.89 bits per heavy atom. The summed E-state index contributed by atoms with van der Waals surface area (Å²) in [5.74, 6) is 0.0307. The number of benzene rings is 1. The lowest BCUT2D eigenvalue weighted by molar-refractivity contribution is -0.149. The van der Waals surface area contributed by atoms with E-state index >= 15 is 0 Å². The number of hydrogen-bond acceptors (Lipinski definition) is 4. The van der Waals surface area contributed by atoms with E-state index in [0.717, 1.165) is 12.8 Å². The van der Waals surface area contributed by atoms with Crippen LogP contribution in [-0.2, 0) is 14.3 Å². The molecule has 0 aromatic heterocycles. The van der Waals surface area contributed by atoms with Gasteiger partial charge in [0.1, 0.15) is 0 Å². The number of nitrogens with two attached hydrogens (primary N) is 1. The molecule has 8 heteroatoms. The highest BCUT2D eigenvalue weighted by atomic mass is 35.5. The van der Waals surface area contributed by atoms with E-state index in [-0.39, 0.29) is 25.0 Å². The van der Waals surface area contributed by atoms with Crippen molar-refractivity contribution < 1.29 is 19.1 Å². The van der Waals surface area contributed by atoms with Crippen LogP contribution in [0.1, 0.15) is 51.1 Å². The Kier molecular flexibility index (Phi) is 8.11. The number of esters is 1. The average Bonchev–Trinajstić information content (AvgIpc) is 2.63. The van der Waals surface area contributed by atoms with Crippen LogP contribution in [0.15, 0.2) is 24.3 Å². The second-order valence-electron chi connectivity index (χ2n) is 7.42. The molecule has 1 aromatic carbocycles. The minimum absolute atomic E-state index is 0.105. The monoisotopic (exact) mass is 409 g/mol. The molecule has 28 heavy (non-hydrogen) atoms. The zero-order valence-corrected chi connectivity index (χ0v) is 17.0. The molecule has 4 N–H and O–H groups in total. The molecule has 0 spiro atoms. The van der Waals surface area contributed by atoms with Crippen LogP contribution in [0.25, 0.3) is 0 Å². The van der Waals surface area contributed by atoms with Gasteiger partial charge in [0.2, 0.25) is 0 Å². The Bertz CT molecular complexity index is 695. The molecule has 4 atom stereocenters. The Morgan fingerprint density at radius 3 is 2.54 bits per heavy atom. The Morgan fingerprint density at radius 1 is 1.21 bits per heavy atom. The largest absolute Gasteiger partial charge is 0.456 e. The van der Waals surface area contributed by atoms with Crippen LogP contribution in [-0.4, -0.2) is 30.6 Å². The Labute approximate surface area is 170 Å². The van der Waals surface area contributed by atoms with Crippen LogP contribution in [0.3, 0.4) is 0 Å². The molecule has 3 amide bonds. The molecule has 0 unspecified atom stereocenters. The van der Waals surface area contributed by atoms with E-state index in [9.17, 15) is 14.4 Å². The van der Waals surface area contributed by atoms with Crippen LogP contribution in [0.5, 0.6) is 0 Å². The average molecular weight is 410 g/mol. The Hall–Kier alpha value is -2.28. The van der Waals surface area contributed by atoms with Gasteiger partial charge in [-0.25, -0.2) is 4.79 Å². The van der Waals surface area contributed by atoms with Crippen molar-refractivity contribution in [3.8, 4) is 0 Å². The van der Waals surface area contributed by atoms with Crippen molar-refractivity contribution in [2.45, 2.75) is 51.6 Å². The lowest BCUT2D eigenvalue weighted by atomic mass is 9.78. The van der Waals surface area contributed by atoms with E-state index in [0.29, 0.717) is 22.4 Å². The third-order valence-corrected chi connectivity index (χ3v) is 5.63. The molecule has 2 rings (SSSR count). The minimum atomic E-state index is -0.758. The van der Waals surface area contributed by atoms with Gasteiger partial charge >= 0.3 is 12.0 Å². The van der Waals surface area contributed by atoms with Gasteiger partial charge in [-0.05, 0) is 36.0 Å². The molecule has 1 saturated carbocycles. The Balaban J connectivity index is 1.85. The fourth-order valence-corrected chi connectivity index (χ4v) is 3.65. The number of nitrogens with one attached hydrogen (secondary N) is 2. The van der Waals surface area contributed by atoms with Crippen LogP contribution < -0.4 is 16.4 Å². The maximum Gasteiger partial charge on any atom is 0.312 e. The number of amides is 3. The fraction of sp³-hybridized carbons (Fsp3) is 0.550. The smallest absolute Gasteiger partial charge is 0.312 e. The number of halogens is 1. The van der Waals surface area contributed by atoms with Gasteiger partial charge in [-0.3, -0.25) is 9.59 Å². The number of rotatable bonds is 7. The van der Waals surface area contributed by atoms with E-state index in [1.807, 2.05) is 0 Å². The van der Waals surface area contributed by atoms with Crippen LogP contribution in [0, 0.1) is 11.8 Å². The standard InChI is InChI=1S/C20H28ClN3O4/c1-12-4-3-5-16(13(12)2)23-18(25)11-28-19(26)10-17(24-20(22)27)14-6-8-15(21)9-7-14/h6-9,12-13,16-17H,3-5,10-11H2,1-2H3,(H,23,25)(H3,22,24,27)/t12-,13-,16-,17+/m1/s1. The summed E-state index contributed by atoms with van der Waals surface area (Å²) in [6.45, 7) is 3.97. The molecular formula is C20H28ClN3O4. The van der Waals surface area contributed by atoms with Gasteiger partial charge in [-0.2, -0.15) is 0 Å². The molecule has 1 fully saturated rings. The first-order valence-electron chi connectivity index (χ1n) is 9.52. The summed E-state index contributed by atoms with van der Waals surface area (Å²) in [5.41, 5.74) is 5.86. The highest BCUT2D eigenvalue weighted by Crippen LogP contribution is 2.29. The van der Waals surface area contributed by atoms with Crippen molar-refractivity contribution >= 4 is 29.5 Å². The molecule has 1 aliphatic rings. The third kappa shape index (κ3) is 6.71. The molecule has 1 aliphatic carbocycles. The summed E-state index contributed by atoms with van der Waals surface area (Å²) in [5, 5.41) is 6.00. The van der Waals surface area contributed by atoms with Crippen molar-refractivity contribution in [3.63, 3.8) is 0 Å². The number of hydrogen-bond donors (Lipinski definition) is 3. The van der Waals surface area contributed by atoms with Crippen molar-refractivity contribution in [2.24, 2.45) is 17.6 Å². The van der Waals surface area contributed by atoms with Crippen LogP contribution in [0.4, 0.5) is 4.79 Å². The summed E-state index contributed by atoms with van der Waals surface area (Å²) in [6, 6.07) is 5.36. The van der Waals surface area contributed by atoms with Crippen molar-refractivity contribution in [1.29, 1.82) is 0 Å². The third-order valence-electron chi connectivity index (χ3n) is 5.38. The zero-order valence-electron chi connectivity index (χ0n) is 16.2. The quantitative estimate of drug-likeness (QED) is 0.601. The summed E-state index contributed by atoms with van der Waals surface area (Å²) < 4.78 is 5.10. The lowest BCUT2D eigenvalue weighted by Gasteiger charge is -2.34. The van der Waals surface area contributed by atoms with Gasteiger partial charge in [0.25, 0.3) is 5.91 Å². The molecule has 7 nitrogen and oxygen atoms in total. The molecule has 0 saturated heterocycles. The second-order valence-corrected chi connectivity index (χ2v) is 7.86. The topological polar surface area (TPSA) is 111 Å². The van der Waals surface area contributed by atoms with E-state index in [2.05, 4.69) is 24.5 Å². The molecular weight excluding hydrogens is 382 g/mol. The predicted molar refractivity (Wildman–Crippen MR) is 107 cm³/mol. The first-order valence-corrected chi connectivity index (χ1v) is 9.90. The fourth-order valence-electron chi connectivity index (χ4n) is 3.52. The molecule has 0 heterocycles. The number of primary amides is 1. The molecule has 154 valence electrons. The maximum atomic E-state index is 12.2. The van der Waals surface area contributed by atoms with E-state index < -0.39 is 18.0 Å². The summed E-state index contributed by atoms with van der Waals surface area (Å²) in [6.07, 6.45) is 3.04. The van der Waals surface area contributed by atoms with Gasteiger partial charge in [-0.15, -0.1) is 0 Å². The van der Waals surface area contributed by atoms with E-state index in [1.165, 1.54) is 6.42 Å². The van der Waals surface area contributed by atoms with Crippen LogP contribution in [0.2, 0.25) is 5.02 Å². The summed E-state index contributed by atoms with van der Waals surface area (Å²) in [4.78, 5) is 35.6. The first kappa shape index (κ1) is 22.0. The normalized spacial score (nSPS) is 22.8. The molecule has 0 radical (unpaired) electrons. The molecule has 0 bridgehead atoms. The number of carbonyl (C=O) groups excluding carboxylic acids is 3. The van der Waals surface area contributed by atoms with Crippen LogP contribution >= 0.6 is 11.6 Å². The summed E-state index contributed by atoms with van der Waals surface area (Å²) in [7, 11) is 0. The van der Waals surface area contributed by atoms with Gasteiger partial charge in [-0.1, -0.05) is 50.4 Å². The number of urea groups is 1. The van der Waals surface area contributed by atoms with E-state index in [4.69, 9.17) is 22.1 Å². The minimum Gasteiger partial charge on any atom is -0.456 e. The van der Waals surface area contributed by atoms with Crippen molar-refractivity contribution in [3.05, 3.63) is 34.9 Å². The zero-order chi connectivity index (χ0) is 20.7. The highest BCUT2D eigenvalue weighted by molar-refractivity contribution is 6.30. The van der Waals surface area contributed by atoms with Gasteiger partial charge in [0, 0.05) is 11.1 Å². The predicted octanol–water partition coefficient (Wildman–Crippen LogP) is 2.92. The maximum absolute atomic E-state index is 12.2. The number of ether oxygens (including phenoxy) is 1. The van der Waals surface area contributed by atoms with Crippen molar-refractivity contribution in [2.75, 3.05) is 6.61 Å².